The smallest absolute Gasteiger partial charge is 0.340 e. The Bertz CT molecular complexity index is 154. The molecule has 0 heterocycles. The summed E-state index contributed by atoms with van der Waals surface area (Å²) in [5.74, 6) is 1.74. The van der Waals surface area contributed by atoms with Crippen LogP contribution in [-0.2, 0) is 4.79 Å². The molecule has 0 aliphatic heterocycles. The van der Waals surface area contributed by atoms with Gasteiger partial charge in [0.2, 0.25) is 0 Å². The van der Waals surface area contributed by atoms with Gasteiger partial charge in [-0.3, -0.25) is 4.79 Å². The normalized spacial score (nSPS) is 32.4. The third-order valence-corrected chi connectivity index (χ3v) is 2.79. The van der Waals surface area contributed by atoms with Gasteiger partial charge in [0.15, 0.2) is 0 Å². The molecule has 1 nitrogen and oxygen atoms in total. The van der Waals surface area contributed by atoms with Crippen molar-refractivity contribution in [2.45, 2.75) is 33.1 Å². The monoisotopic (exact) mass is 192 g/mol. The Hall–Kier alpha value is 1.31. The average molecular weight is 192 g/mol. The Morgan fingerprint density at radius 1 is 1.50 bits per heavy atom. The fourth-order valence-electron chi connectivity index (χ4n) is 1.67. The molecular weight excluding hydrogens is 175 g/mol. The fourth-order valence-corrected chi connectivity index (χ4v) is 1.67. The molecule has 3 unspecified atom stereocenters. The van der Waals surface area contributed by atoms with Crippen molar-refractivity contribution in [1.29, 1.82) is 0 Å². The van der Waals surface area contributed by atoms with E-state index in [1.54, 1.807) is 0 Å². The number of carbonyl (C=O) groups is 1. The van der Waals surface area contributed by atoms with E-state index >= 15 is 0 Å². The maximum Gasteiger partial charge on any atom is 1.00 e. The van der Waals surface area contributed by atoms with E-state index in [0.29, 0.717) is 23.5 Å². The largest absolute Gasteiger partial charge is 1.00 e. The maximum atomic E-state index is 11.3. The van der Waals surface area contributed by atoms with Gasteiger partial charge in [-0.25, -0.2) is 0 Å². The molecule has 0 aromatic heterocycles. The summed E-state index contributed by atoms with van der Waals surface area (Å²) >= 11 is 0. The van der Waals surface area contributed by atoms with Crippen LogP contribution in [0.15, 0.2) is 0 Å². The quantitative estimate of drug-likeness (QED) is 0.403. The zero-order chi connectivity index (χ0) is 8.43. The van der Waals surface area contributed by atoms with E-state index in [1.165, 1.54) is 6.42 Å². The van der Waals surface area contributed by atoms with Gasteiger partial charge in [-0.1, -0.05) is 26.2 Å². The molecule has 1 saturated carbocycles. The van der Waals surface area contributed by atoms with Crippen LogP contribution >= 0.6 is 0 Å². The summed E-state index contributed by atoms with van der Waals surface area (Å²) in [6, 6.07) is 0. The van der Waals surface area contributed by atoms with E-state index in [4.69, 9.17) is 0 Å². The van der Waals surface area contributed by atoms with Crippen molar-refractivity contribution in [2.24, 2.45) is 17.8 Å². The number of hydrogen-bond acceptors (Lipinski definition) is 1. The van der Waals surface area contributed by atoms with Crippen LogP contribution in [0.2, 0.25) is 0 Å². The molecule has 0 amide bonds. The van der Waals surface area contributed by atoms with Crippen molar-refractivity contribution >= 4 is 5.78 Å². The van der Waals surface area contributed by atoms with Gasteiger partial charge in [0.25, 0.3) is 0 Å². The molecule has 1 aliphatic carbocycles. The van der Waals surface area contributed by atoms with Gasteiger partial charge < -0.3 is 6.92 Å². The molecule has 3 atom stereocenters. The van der Waals surface area contributed by atoms with Gasteiger partial charge in [-0.05, 0) is 6.42 Å². The van der Waals surface area contributed by atoms with Gasteiger partial charge in [-0.15, -0.1) is 0 Å². The Kier molecular flexibility index (Phi) is 6.56. The van der Waals surface area contributed by atoms with Crippen molar-refractivity contribution in [3.8, 4) is 0 Å². The molecular formula is C10H17KO. The molecule has 0 radical (unpaired) electrons. The van der Waals surface area contributed by atoms with E-state index < -0.39 is 0 Å². The SMILES string of the molecule is [CH2-]C(C)C1CCC(C)C(=O)C1.[K+]. The molecule has 12 heavy (non-hydrogen) atoms. The first-order valence-electron chi connectivity index (χ1n) is 4.47. The fraction of sp³-hybridized carbons (Fsp3) is 0.800. The summed E-state index contributed by atoms with van der Waals surface area (Å²) in [5.41, 5.74) is 0. The third-order valence-electron chi connectivity index (χ3n) is 2.79. The van der Waals surface area contributed by atoms with E-state index in [-0.39, 0.29) is 51.4 Å². The van der Waals surface area contributed by atoms with Crippen LogP contribution in [0.5, 0.6) is 0 Å². The second kappa shape index (κ2) is 5.92. The predicted octanol–water partition coefficient (Wildman–Crippen LogP) is -0.534. The van der Waals surface area contributed by atoms with Gasteiger partial charge >= 0.3 is 51.4 Å². The van der Waals surface area contributed by atoms with Crippen LogP contribution in [0.3, 0.4) is 0 Å². The second-order valence-corrected chi connectivity index (χ2v) is 3.89. The minimum Gasteiger partial charge on any atom is -0.340 e. The van der Waals surface area contributed by atoms with Crippen LogP contribution in [0.25, 0.3) is 0 Å². The van der Waals surface area contributed by atoms with Crippen molar-refractivity contribution in [3.05, 3.63) is 6.92 Å². The number of carbonyl (C=O) groups excluding carboxylic acids is 1. The second-order valence-electron chi connectivity index (χ2n) is 3.89. The summed E-state index contributed by atoms with van der Waals surface area (Å²) in [7, 11) is 0. The maximum absolute atomic E-state index is 11.3. The van der Waals surface area contributed by atoms with Crippen LogP contribution in [0.1, 0.15) is 33.1 Å². The summed E-state index contributed by atoms with van der Waals surface area (Å²) in [6.45, 7) is 8.11. The molecule has 0 aromatic carbocycles. The van der Waals surface area contributed by atoms with Crippen LogP contribution in [0, 0.1) is 24.7 Å². The van der Waals surface area contributed by atoms with Gasteiger partial charge in [-0.2, -0.15) is 5.92 Å². The Morgan fingerprint density at radius 2 is 2.08 bits per heavy atom. The summed E-state index contributed by atoms with van der Waals surface area (Å²) in [5, 5.41) is 0. The summed E-state index contributed by atoms with van der Waals surface area (Å²) < 4.78 is 0. The molecule has 2 heteroatoms. The Labute approximate surface area is 118 Å². The van der Waals surface area contributed by atoms with Crippen molar-refractivity contribution in [2.75, 3.05) is 0 Å². The van der Waals surface area contributed by atoms with Crippen molar-refractivity contribution in [3.63, 3.8) is 0 Å². The molecule has 1 rings (SSSR count). The topological polar surface area (TPSA) is 17.1 Å². The molecule has 0 bridgehead atoms. The zero-order valence-electron chi connectivity index (χ0n) is 8.47. The van der Waals surface area contributed by atoms with E-state index in [0.717, 1.165) is 12.8 Å². The molecule has 0 spiro atoms. The van der Waals surface area contributed by atoms with Crippen LogP contribution in [0.4, 0.5) is 0 Å². The predicted molar refractivity (Wildman–Crippen MR) is 46.0 cm³/mol. The molecule has 1 aliphatic rings. The Balaban J connectivity index is 0.00000121. The number of Topliss-reactive ketones (excluding diaryl/α,β-unsaturated/α-hetero) is 1. The first-order valence-corrected chi connectivity index (χ1v) is 4.47. The average Bonchev–Trinajstić information content (AvgIpc) is 1.94. The standard InChI is InChI=1S/C10H17O.K/c1-7(2)9-5-4-8(3)10(11)6-9;/h7-9H,1,4-6H2,2-3H3;/q-1;+1. The van der Waals surface area contributed by atoms with Gasteiger partial charge in [0.05, 0.1) is 0 Å². The first kappa shape index (κ1) is 13.3. The third kappa shape index (κ3) is 3.58. The van der Waals surface area contributed by atoms with E-state index in [1.807, 2.05) is 6.92 Å². The molecule has 0 aromatic rings. The number of ketones is 1. The van der Waals surface area contributed by atoms with Crippen molar-refractivity contribution < 1.29 is 56.2 Å². The summed E-state index contributed by atoms with van der Waals surface area (Å²) in [6.07, 6.45) is 3.03. The molecule has 1 fully saturated rings. The van der Waals surface area contributed by atoms with Crippen LogP contribution < -0.4 is 51.4 Å². The van der Waals surface area contributed by atoms with Gasteiger partial charge in [0.1, 0.15) is 5.78 Å². The zero-order valence-corrected chi connectivity index (χ0v) is 11.6. The molecule has 64 valence electrons. The van der Waals surface area contributed by atoms with Gasteiger partial charge in [0, 0.05) is 12.3 Å². The van der Waals surface area contributed by atoms with E-state index in [9.17, 15) is 4.79 Å². The number of rotatable bonds is 1. The molecule has 0 N–H and O–H groups in total. The number of hydrogen-bond donors (Lipinski definition) is 0. The van der Waals surface area contributed by atoms with Crippen molar-refractivity contribution in [1.82, 2.24) is 0 Å². The summed E-state index contributed by atoms with van der Waals surface area (Å²) in [4.78, 5) is 11.3. The minimum absolute atomic E-state index is 0. The first-order chi connectivity index (χ1) is 5.11. The molecule has 0 saturated heterocycles. The van der Waals surface area contributed by atoms with Crippen LogP contribution in [-0.4, -0.2) is 5.78 Å². The Morgan fingerprint density at radius 3 is 2.50 bits per heavy atom. The van der Waals surface area contributed by atoms with E-state index in [2.05, 4.69) is 13.8 Å². The minimum atomic E-state index is 0.